The van der Waals surface area contributed by atoms with Crippen LogP contribution in [-0.2, 0) is 6.18 Å². The van der Waals surface area contributed by atoms with E-state index < -0.39 is 23.7 Å². The van der Waals surface area contributed by atoms with E-state index in [0.29, 0.717) is 0 Å². The van der Waals surface area contributed by atoms with Crippen molar-refractivity contribution >= 4 is 5.91 Å². The Balaban J connectivity index is 2.23. The van der Waals surface area contributed by atoms with Crippen LogP contribution in [0, 0.1) is 0 Å². The van der Waals surface area contributed by atoms with E-state index in [2.05, 4.69) is 10.4 Å². The van der Waals surface area contributed by atoms with Crippen molar-refractivity contribution in [1.29, 1.82) is 0 Å². The van der Waals surface area contributed by atoms with E-state index in [-0.39, 0.29) is 18.0 Å². The summed E-state index contributed by atoms with van der Waals surface area (Å²) in [6, 6.07) is 5.59. The number of aromatic nitrogens is 2. The number of nitrogens with zero attached hydrogens (tertiary/aromatic N) is 2. The van der Waals surface area contributed by atoms with Crippen molar-refractivity contribution in [3.63, 3.8) is 0 Å². The highest BCUT2D eigenvalue weighted by Gasteiger charge is 2.30. The Hall–Kier alpha value is -2.35. The van der Waals surface area contributed by atoms with Gasteiger partial charge in [-0.2, -0.15) is 18.3 Å². The van der Waals surface area contributed by atoms with Gasteiger partial charge in [-0.25, -0.2) is 4.68 Å². The molecular formula is C14H14F3N3O2. The van der Waals surface area contributed by atoms with E-state index in [9.17, 15) is 18.0 Å². The molecule has 0 aliphatic rings. The summed E-state index contributed by atoms with van der Waals surface area (Å²) in [5.74, 6) is -0.507. The number of aliphatic hydroxyl groups excluding tert-OH is 1. The van der Waals surface area contributed by atoms with Crippen LogP contribution in [-0.4, -0.2) is 33.4 Å². The molecule has 0 aliphatic heterocycles. The van der Waals surface area contributed by atoms with Crippen LogP contribution in [0.5, 0.6) is 0 Å². The zero-order valence-corrected chi connectivity index (χ0v) is 11.6. The van der Waals surface area contributed by atoms with Gasteiger partial charge < -0.3 is 10.4 Å². The fraction of sp³-hybridized carbons (Fsp3) is 0.286. The molecule has 1 aromatic heterocycles. The molecule has 118 valence electrons. The van der Waals surface area contributed by atoms with Gasteiger partial charge in [0.05, 0.1) is 17.9 Å². The summed E-state index contributed by atoms with van der Waals surface area (Å²) in [5.41, 5.74) is -0.540. The fourth-order valence-corrected chi connectivity index (χ4v) is 1.76. The van der Waals surface area contributed by atoms with Gasteiger partial charge in [0.2, 0.25) is 0 Å². The largest absolute Gasteiger partial charge is 0.416 e. The lowest BCUT2D eigenvalue weighted by Crippen LogP contribution is -2.35. The number of carbonyl (C=O) groups is 1. The third kappa shape index (κ3) is 3.64. The van der Waals surface area contributed by atoms with Gasteiger partial charge >= 0.3 is 6.18 Å². The van der Waals surface area contributed by atoms with E-state index >= 15 is 0 Å². The van der Waals surface area contributed by atoms with Crippen LogP contribution in [0.15, 0.2) is 36.5 Å². The summed E-state index contributed by atoms with van der Waals surface area (Å²) in [5, 5.41) is 15.3. The summed E-state index contributed by atoms with van der Waals surface area (Å²) in [4.78, 5) is 11.8. The van der Waals surface area contributed by atoms with E-state index in [1.807, 2.05) is 0 Å². The molecule has 2 rings (SSSR count). The van der Waals surface area contributed by atoms with Gasteiger partial charge in [0.15, 0.2) is 5.69 Å². The molecule has 0 saturated carbocycles. The molecule has 1 unspecified atom stereocenters. The first-order valence-electron chi connectivity index (χ1n) is 6.46. The van der Waals surface area contributed by atoms with Crippen molar-refractivity contribution in [2.75, 3.05) is 6.61 Å². The molecule has 2 aromatic rings. The molecule has 1 aromatic carbocycles. The molecule has 0 fully saturated rings. The summed E-state index contributed by atoms with van der Waals surface area (Å²) < 4.78 is 39.2. The van der Waals surface area contributed by atoms with Crippen molar-refractivity contribution in [1.82, 2.24) is 15.1 Å². The van der Waals surface area contributed by atoms with Crippen LogP contribution in [0.3, 0.4) is 0 Å². The summed E-state index contributed by atoms with van der Waals surface area (Å²) >= 11 is 0. The lowest BCUT2D eigenvalue weighted by molar-refractivity contribution is -0.137. The number of hydrogen-bond donors (Lipinski definition) is 2. The van der Waals surface area contributed by atoms with Crippen LogP contribution in [0.4, 0.5) is 13.2 Å². The molecule has 8 heteroatoms. The molecule has 0 bridgehead atoms. The Kier molecular flexibility index (Phi) is 4.51. The van der Waals surface area contributed by atoms with Crippen molar-refractivity contribution < 1.29 is 23.1 Å². The standard InChI is InChI=1S/C14H14F3N3O2/c1-9(8-21)18-13(22)12-5-6-20(19-12)11-4-2-3-10(7-11)14(15,16)17/h2-7,9,21H,8H2,1H3,(H,18,22). The number of halogens is 3. The van der Waals surface area contributed by atoms with E-state index in [1.54, 1.807) is 6.92 Å². The lowest BCUT2D eigenvalue weighted by Gasteiger charge is -2.09. The van der Waals surface area contributed by atoms with Crippen molar-refractivity contribution in [2.45, 2.75) is 19.1 Å². The monoisotopic (exact) mass is 313 g/mol. The van der Waals surface area contributed by atoms with Crippen molar-refractivity contribution in [2.24, 2.45) is 0 Å². The van der Waals surface area contributed by atoms with Crippen LogP contribution >= 0.6 is 0 Å². The summed E-state index contributed by atoms with van der Waals surface area (Å²) in [6.45, 7) is 1.39. The highest BCUT2D eigenvalue weighted by Crippen LogP contribution is 2.30. The smallest absolute Gasteiger partial charge is 0.394 e. The normalized spacial score (nSPS) is 13.0. The maximum atomic E-state index is 12.7. The Morgan fingerprint density at radius 3 is 2.77 bits per heavy atom. The molecule has 1 atom stereocenters. The molecular weight excluding hydrogens is 299 g/mol. The topological polar surface area (TPSA) is 67.2 Å². The minimum atomic E-state index is -4.44. The minimum absolute atomic E-state index is 0.0534. The Morgan fingerprint density at radius 1 is 1.41 bits per heavy atom. The highest BCUT2D eigenvalue weighted by molar-refractivity contribution is 5.92. The number of aliphatic hydroxyl groups is 1. The summed E-state index contributed by atoms with van der Waals surface area (Å²) in [7, 11) is 0. The van der Waals surface area contributed by atoms with Gasteiger partial charge in [0, 0.05) is 12.2 Å². The Bertz CT molecular complexity index is 667. The molecule has 0 saturated heterocycles. The maximum absolute atomic E-state index is 12.7. The van der Waals surface area contributed by atoms with Crippen LogP contribution < -0.4 is 5.32 Å². The highest BCUT2D eigenvalue weighted by atomic mass is 19.4. The number of carbonyl (C=O) groups excluding carboxylic acids is 1. The molecule has 0 spiro atoms. The lowest BCUT2D eigenvalue weighted by atomic mass is 10.2. The van der Waals surface area contributed by atoms with E-state index in [1.165, 1.54) is 29.1 Å². The minimum Gasteiger partial charge on any atom is -0.394 e. The average molecular weight is 313 g/mol. The molecule has 22 heavy (non-hydrogen) atoms. The quantitative estimate of drug-likeness (QED) is 0.907. The second kappa shape index (κ2) is 6.18. The zero-order chi connectivity index (χ0) is 16.3. The molecule has 1 amide bonds. The van der Waals surface area contributed by atoms with Gasteiger partial charge in [-0.3, -0.25) is 4.79 Å². The van der Waals surface area contributed by atoms with Gasteiger partial charge in [0.1, 0.15) is 0 Å². The third-order valence-corrected chi connectivity index (χ3v) is 2.91. The second-order valence-electron chi connectivity index (χ2n) is 4.75. The second-order valence-corrected chi connectivity index (χ2v) is 4.75. The first-order valence-corrected chi connectivity index (χ1v) is 6.46. The number of amides is 1. The van der Waals surface area contributed by atoms with Crippen molar-refractivity contribution in [3.8, 4) is 5.69 Å². The molecule has 2 N–H and O–H groups in total. The van der Waals surface area contributed by atoms with Crippen LogP contribution in [0.1, 0.15) is 23.0 Å². The van der Waals surface area contributed by atoms with Gasteiger partial charge in [-0.1, -0.05) is 6.07 Å². The first kappa shape index (κ1) is 16.0. The zero-order valence-electron chi connectivity index (χ0n) is 11.6. The molecule has 1 heterocycles. The number of alkyl halides is 3. The van der Waals surface area contributed by atoms with Gasteiger partial charge in [-0.15, -0.1) is 0 Å². The van der Waals surface area contributed by atoms with Gasteiger partial charge in [0.25, 0.3) is 5.91 Å². The van der Waals surface area contributed by atoms with E-state index in [0.717, 1.165) is 12.1 Å². The number of benzene rings is 1. The number of rotatable bonds is 4. The fourth-order valence-electron chi connectivity index (χ4n) is 1.76. The van der Waals surface area contributed by atoms with Crippen LogP contribution in [0.2, 0.25) is 0 Å². The molecule has 0 aliphatic carbocycles. The molecule has 0 radical (unpaired) electrons. The Labute approximate surface area is 124 Å². The number of hydrogen-bond acceptors (Lipinski definition) is 3. The molecule has 5 nitrogen and oxygen atoms in total. The average Bonchev–Trinajstić information content (AvgIpc) is 2.96. The predicted molar refractivity (Wildman–Crippen MR) is 72.6 cm³/mol. The van der Waals surface area contributed by atoms with Crippen LogP contribution in [0.25, 0.3) is 5.69 Å². The van der Waals surface area contributed by atoms with Gasteiger partial charge in [-0.05, 0) is 31.2 Å². The summed E-state index contributed by atoms with van der Waals surface area (Å²) in [6.07, 6.45) is -3.05. The third-order valence-electron chi connectivity index (χ3n) is 2.91. The Morgan fingerprint density at radius 2 is 2.14 bits per heavy atom. The van der Waals surface area contributed by atoms with E-state index in [4.69, 9.17) is 5.11 Å². The van der Waals surface area contributed by atoms with Crippen molar-refractivity contribution in [3.05, 3.63) is 47.8 Å². The SMILES string of the molecule is CC(CO)NC(=O)c1ccn(-c2cccc(C(F)(F)F)c2)n1. The first-order chi connectivity index (χ1) is 10.3. The predicted octanol–water partition coefficient (Wildman–Crippen LogP) is 2.00. The number of nitrogens with one attached hydrogen (secondary N) is 1. The maximum Gasteiger partial charge on any atom is 0.416 e.